The molecule has 1 aromatic rings. The fourth-order valence-electron chi connectivity index (χ4n) is 6.40. The minimum Gasteiger partial charge on any atom is -0.460 e. The number of ketones is 1. The number of carbonyl (C=O) groups excluding carboxylic acids is 4. The van der Waals surface area contributed by atoms with E-state index in [1.165, 1.54) is 11.2 Å². The normalized spacial score (nSPS) is 29.0. The monoisotopic (exact) mass is 639 g/mol. The predicted molar refractivity (Wildman–Crippen MR) is 172 cm³/mol. The molecule has 1 amide bonds. The Balaban J connectivity index is 1.59. The summed E-state index contributed by atoms with van der Waals surface area (Å²) in [5.74, 6) is -1.46. The second-order valence-electron chi connectivity index (χ2n) is 12.9. The van der Waals surface area contributed by atoms with Gasteiger partial charge in [-0.1, -0.05) is 43.7 Å². The zero-order chi connectivity index (χ0) is 33.2. The molecule has 0 aromatic carbocycles. The number of piperazine rings is 1. The molecule has 252 valence electrons. The van der Waals surface area contributed by atoms with Gasteiger partial charge in [0.1, 0.15) is 30.5 Å². The van der Waals surface area contributed by atoms with Crippen molar-refractivity contribution in [2.24, 2.45) is 11.8 Å². The van der Waals surface area contributed by atoms with E-state index >= 15 is 0 Å². The number of hydrogen-bond acceptors (Lipinski definition) is 11. The topological polar surface area (TPSA) is 146 Å². The molecule has 2 fully saturated rings. The number of aliphatic hydroxyl groups excluding tert-OH is 1. The van der Waals surface area contributed by atoms with Crippen LogP contribution in [0.4, 0.5) is 0 Å². The number of rotatable bonds is 4. The van der Waals surface area contributed by atoms with Crippen LogP contribution in [0.1, 0.15) is 56.4 Å². The van der Waals surface area contributed by atoms with Gasteiger partial charge in [-0.15, -0.1) is 0 Å². The van der Waals surface area contributed by atoms with Crippen molar-refractivity contribution in [2.75, 3.05) is 59.4 Å². The molecule has 0 aliphatic carbocycles. The first-order valence-corrected chi connectivity index (χ1v) is 16.3. The molecule has 5 atom stereocenters. The Morgan fingerprint density at radius 2 is 1.91 bits per heavy atom. The number of allylic oxidation sites excluding steroid dienone is 2. The Kier molecular flexibility index (Phi) is 13.0. The fraction of sp³-hybridized carbons (Fsp3) is 0.618. The second-order valence-corrected chi connectivity index (χ2v) is 12.9. The van der Waals surface area contributed by atoms with Gasteiger partial charge in [0, 0.05) is 76.2 Å². The van der Waals surface area contributed by atoms with E-state index in [0.29, 0.717) is 38.0 Å². The van der Waals surface area contributed by atoms with Crippen LogP contribution in [0.25, 0.3) is 0 Å². The highest BCUT2D eigenvalue weighted by Gasteiger charge is 2.39. The van der Waals surface area contributed by atoms with Gasteiger partial charge in [-0.3, -0.25) is 14.4 Å². The summed E-state index contributed by atoms with van der Waals surface area (Å²) in [4.78, 5) is 62.3. The number of esters is 1. The van der Waals surface area contributed by atoms with E-state index in [1.54, 1.807) is 6.08 Å². The Morgan fingerprint density at radius 1 is 1.15 bits per heavy atom. The van der Waals surface area contributed by atoms with Gasteiger partial charge in [-0.05, 0) is 26.8 Å². The summed E-state index contributed by atoms with van der Waals surface area (Å²) >= 11 is 0. The Morgan fingerprint density at radius 3 is 2.65 bits per heavy atom. The molecule has 0 spiro atoms. The molecular formula is C34H49N5O7. The molecule has 4 rings (SSSR count). The van der Waals surface area contributed by atoms with Gasteiger partial charge in [0.25, 0.3) is 5.91 Å². The lowest BCUT2D eigenvalue weighted by molar-refractivity contribution is -0.158. The van der Waals surface area contributed by atoms with Crippen molar-refractivity contribution in [1.82, 2.24) is 25.0 Å². The van der Waals surface area contributed by atoms with Crippen LogP contribution in [-0.4, -0.2) is 126 Å². The number of cyclic esters (lactones) is 1. The summed E-state index contributed by atoms with van der Waals surface area (Å²) in [6, 6.07) is -0.783. The number of aliphatic hydroxyl groups is 1. The number of aldehydes is 1. The van der Waals surface area contributed by atoms with E-state index in [2.05, 4.69) is 34.1 Å². The first kappa shape index (κ1) is 35.4. The summed E-state index contributed by atoms with van der Waals surface area (Å²) < 4.78 is 11.7. The molecule has 4 heterocycles. The minimum absolute atomic E-state index is 0.0155. The Hall–Kier alpha value is -3.45. The molecule has 1 aromatic heterocycles. The molecule has 3 aliphatic rings. The van der Waals surface area contributed by atoms with Crippen LogP contribution in [0.15, 0.2) is 46.1 Å². The highest BCUT2D eigenvalue weighted by molar-refractivity contribution is 5.95. The van der Waals surface area contributed by atoms with Crippen LogP contribution in [0.5, 0.6) is 0 Å². The number of nitrogens with one attached hydrogen (secondary N) is 1. The van der Waals surface area contributed by atoms with Crippen molar-refractivity contribution < 1.29 is 33.4 Å². The molecule has 2 bridgehead atoms. The molecule has 0 radical (unpaired) electrons. The van der Waals surface area contributed by atoms with Crippen molar-refractivity contribution in [3.05, 3.63) is 53.3 Å². The van der Waals surface area contributed by atoms with Crippen LogP contribution >= 0.6 is 0 Å². The molecule has 2 saturated heterocycles. The van der Waals surface area contributed by atoms with E-state index in [9.17, 15) is 24.3 Å². The van der Waals surface area contributed by atoms with Gasteiger partial charge in [-0.25, -0.2) is 9.78 Å². The Bertz CT molecular complexity index is 1310. The number of oxazole rings is 1. The maximum Gasteiger partial charge on any atom is 0.329 e. The third-order valence-corrected chi connectivity index (χ3v) is 8.87. The third kappa shape index (κ3) is 10.0. The van der Waals surface area contributed by atoms with Crippen LogP contribution in [0.3, 0.4) is 0 Å². The maximum atomic E-state index is 13.8. The number of amides is 1. The minimum atomic E-state index is -0.989. The predicted octanol–water partition coefficient (Wildman–Crippen LogP) is 1.80. The first-order valence-electron chi connectivity index (χ1n) is 16.3. The first-order chi connectivity index (χ1) is 22.0. The van der Waals surface area contributed by atoms with Gasteiger partial charge in [0.15, 0.2) is 5.69 Å². The van der Waals surface area contributed by atoms with Crippen LogP contribution in [0.2, 0.25) is 0 Å². The molecule has 46 heavy (non-hydrogen) atoms. The summed E-state index contributed by atoms with van der Waals surface area (Å²) in [6.45, 7) is 11.5. The van der Waals surface area contributed by atoms with Crippen LogP contribution in [0, 0.1) is 11.8 Å². The zero-order valence-electron chi connectivity index (χ0n) is 27.5. The molecule has 2 N–H and O–H groups in total. The van der Waals surface area contributed by atoms with Gasteiger partial charge >= 0.3 is 5.97 Å². The van der Waals surface area contributed by atoms with E-state index in [0.717, 1.165) is 44.6 Å². The number of nitrogens with zero attached hydrogens (tertiary/aromatic N) is 4. The smallest absolute Gasteiger partial charge is 0.329 e. The average Bonchev–Trinajstić information content (AvgIpc) is 3.69. The largest absolute Gasteiger partial charge is 0.460 e. The average molecular weight is 640 g/mol. The van der Waals surface area contributed by atoms with Gasteiger partial charge in [-0.2, -0.15) is 0 Å². The van der Waals surface area contributed by atoms with E-state index < -0.39 is 30.1 Å². The number of hydrogen-bond donors (Lipinski definition) is 2. The highest BCUT2D eigenvalue weighted by atomic mass is 16.5. The van der Waals surface area contributed by atoms with E-state index in [4.69, 9.17) is 9.15 Å². The van der Waals surface area contributed by atoms with Gasteiger partial charge < -0.3 is 34.3 Å². The third-order valence-electron chi connectivity index (χ3n) is 8.87. The molecule has 0 unspecified atom stereocenters. The summed E-state index contributed by atoms with van der Waals surface area (Å²) in [5, 5.41) is 13.6. The number of fused-ring (bicyclic) bond motifs is 3. The van der Waals surface area contributed by atoms with Crippen molar-refractivity contribution in [2.45, 2.75) is 64.7 Å². The van der Waals surface area contributed by atoms with Gasteiger partial charge in [0.05, 0.1) is 12.5 Å². The van der Waals surface area contributed by atoms with Crippen molar-refractivity contribution in [3.8, 4) is 0 Å². The fourth-order valence-corrected chi connectivity index (χ4v) is 6.40. The van der Waals surface area contributed by atoms with Crippen LogP contribution < -0.4 is 5.32 Å². The van der Waals surface area contributed by atoms with Crippen LogP contribution in [-0.2, 0) is 25.5 Å². The molecule has 0 saturated carbocycles. The lowest BCUT2D eigenvalue weighted by Gasteiger charge is -2.37. The number of Topliss-reactive ketones (excluding diaryl/α,β-unsaturated/α-hetero) is 1. The molecule has 12 nitrogen and oxygen atoms in total. The number of ether oxygens (including phenoxy) is 1. The maximum absolute atomic E-state index is 13.8. The SMILES string of the molecule is CC1=C[C@@H](O)CC(=O)Cc2nc(co2)C(=O)N2CCC[C@@H]2C(=O)O[C@H]([C@@H](C)CN2CCN(C)CC2)[C@H](C)/C=C(\C=O)CNCC=C1. The quantitative estimate of drug-likeness (QED) is 0.368. The highest BCUT2D eigenvalue weighted by Crippen LogP contribution is 2.26. The molecular weight excluding hydrogens is 590 g/mol. The summed E-state index contributed by atoms with van der Waals surface area (Å²) in [5.41, 5.74) is 1.35. The number of aromatic nitrogens is 1. The van der Waals surface area contributed by atoms with E-state index in [-0.39, 0.29) is 42.0 Å². The van der Waals surface area contributed by atoms with Crippen molar-refractivity contribution >= 4 is 23.9 Å². The van der Waals surface area contributed by atoms with Crippen molar-refractivity contribution in [1.29, 1.82) is 0 Å². The van der Waals surface area contributed by atoms with E-state index in [1.807, 2.05) is 32.1 Å². The summed E-state index contributed by atoms with van der Waals surface area (Å²) in [7, 11) is 2.11. The van der Waals surface area contributed by atoms with Crippen molar-refractivity contribution in [3.63, 3.8) is 0 Å². The standard InChI is InChI=1S/C34H49N5O7/c1-23-7-5-9-35-19-26(21-40)16-24(2)32(25(3)20-38-13-11-37(4)12-14-38)46-34(44)30-8-6-10-39(30)33(43)29-22-45-31(36-29)18-28(42)17-27(41)15-23/h5,7,15-16,21-22,24-25,27,30,32,35,41H,6,8-14,17-20H2,1-4H3/b7-5?,23-15?,26-16-/t24-,25+,27-,30-,32+/m1/s1. The second kappa shape index (κ2) is 16.9. The number of carbonyl (C=O) groups is 4. The Labute approximate surface area is 271 Å². The molecule has 3 aliphatic heterocycles. The molecule has 12 heteroatoms. The lowest BCUT2D eigenvalue weighted by atomic mass is 9.90. The van der Waals surface area contributed by atoms with Gasteiger partial charge in [0.2, 0.25) is 5.89 Å². The zero-order valence-corrected chi connectivity index (χ0v) is 27.5. The number of likely N-dealkylation sites (N-methyl/N-ethyl adjacent to an activating group) is 1. The lowest BCUT2D eigenvalue weighted by Crippen LogP contribution is -2.49. The summed E-state index contributed by atoms with van der Waals surface area (Å²) in [6.07, 6.45) is 8.48.